The van der Waals surface area contributed by atoms with Crippen LogP contribution in [-0.2, 0) is 19.3 Å². The highest BCUT2D eigenvalue weighted by Gasteiger charge is 2.19. The molecule has 0 aliphatic heterocycles. The van der Waals surface area contributed by atoms with Crippen LogP contribution in [0.1, 0.15) is 110 Å². The molecular formula is C46H47N5O5S. The maximum Gasteiger partial charge on any atom is 0.331 e. The lowest BCUT2D eigenvalue weighted by Gasteiger charge is -2.11. The van der Waals surface area contributed by atoms with Gasteiger partial charge in [-0.3, -0.25) is 4.79 Å². The molecule has 2 aromatic heterocycles. The lowest BCUT2D eigenvalue weighted by molar-refractivity contribution is -0.141. The second kappa shape index (κ2) is 18.3. The summed E-state index contributed by atoms with van der Waals surface area (Å²) in [5.74, 6) is -1.05. The van der Waals surface area contributed by atoms with Gasteiger partial charge in [0.05, 0.1) is 22.5 Å². The predicted octanol–water partition coefficient (Wildman–Crippen LogP) is 10.8. The molecule has 292 valence electrons. The number of carbonyl (C=O) groups excluding carboxylic acids is 3. The van der Waals surface area contributed by atoms with E-state index in [9.17, 15) is 14.4 Å². The van der Waals surface area contributed by atoms with Crippen LogP contribution in [-0.4, -0.2) is 43.7 Å². The number of nitrogens with zero attached hydrogens (tertiary/aromatic N) is 5. The molecule has 0 atom stereocenters. The van der Waals surface area contributed by atoms with Gasteiger partial charge in [0.1, 0.15) is 0 Å². The third kappa shape index (κ3) is 9.90. The number of carbonyl (C=O) groups is 3. The molecule has 0 aliphatic carbocycles. The Labute approximate surface area is 337 Å². The molecule has 0 fully saturated rings. The number of hydrogen-bond donors (Lipinski definition) is 0. The van der Waals surface area contributed by atoms with Crippen molar-refractivity contribution in [2.24, 2.45) is 10.3 Å². The minimum Gasteiger partial charge on any atom is -0.318 e. The zero-order valence-corrected chi connectivity index (χ0v) is 34.3. The van der Waals surface area contributed by atoms with Gasteiger partial charge in [-0.05, 0) is 136 Å². The SMILES string of the molecule is CCCCCCCC(=NOC(C)=O)c1ccc(-n2c3ccc(C(=O)c4ccc(Sc5nc(C)cc(C)n5)cc4C)cc3c3cc(C(C)=NOC(C)=O)ccc32)cc1. The summed E-state index contributed by atoms with van der Waals surface area (Å²) in [6.45, 7) is 12.5. The Hall–Kier alpha value is -5.94. The van der Waals surface area contributed by atoms with Crippen LogP contribution in [0.2, 0.25) is 0 Å². The molecule has 11 heteroatoms. The summed E-state index contributed by atoms with van der Waals surface area (Å²) in [4.78, 5) is 57.5. The van der Waals surface area contributed by atoms with E-state index in [-0.39, 0.29) is 5.78 Å². The topological polar surface area (TPSA) is 125 Å². The maximum absolute atomic E-state index is 14.2. The van der Waals surface area contributed by atoms with Crippen molar-refractivity contribution < 1.29 is 24.1 Å². The number of rotatable bonds is 15. The van der Waals surface area contributed by atoms with Crippen molar-refractivity contribution in [3.63, 3.8) is 0 Å². The Kier molecular flexibility index (Phi) is 13.1. The Balaban J connectivity index is 1.39. The van der Waals surface area contributed by atoms with Crippen molar-refractivity contribution in [1.29, 1.82) is 0 Å². The van der Waals surface area contributed by atoms with Gasteiger partial charge in [-0.25, -0.2) is 19.6 Å². The molecule has 0 N–H and O–H groups in total. The van der Waals surface area contributed by atoms with Gasteiger partial charge in [-0.1, -0.05) is 61.1 Å². The van der Waals surface area contributed by atoms with Gasteiger partial charge in [-0.2, -0.15) is 0 Å². The van der Waals surface area contributed by atoms with E-state index in [0.717, 1.165) is 91.9 Å². The van der Waals surface area contributed by atoms with E-state index in [2.05, 4.69) is 31.8 Å². The first-order chi connectivity index (χ1) is 27.4. The van der Waals surface area contributed by atoms with E-state index in [1.807, 2.05) is 106 Å². The van der Waals surface area contributed by atoms with E-state index < -0.39 is 11.9 Å². The molecule has 10 nitrogen and oxygen atoms in total. The highest BCUT2D eigenvalue weighted by atomic mass is 32.2. The lowest BCUT2D eigenvalue weighted by atomic mass is 9.97. The summed E-state index contributed by atoms with van der Waals surface area (Å²) < 4.78 is 2.16. The summed E-state index contributed by atoms with van der Waals surface area (Å²) in [6, 6.07) is 27.6. The van der Waals surface area contributed by atoms with Gasteiger partial charge >= 0.3 is 11.9 Å². The smallest absolute Gasteiger partial charge is 0.318 e. The van der Waals surface area contributed by atoms with Crippen molar-refractivity contribution >= 4 is 62.7 Å². The van der Waals surface area contributed by atoms with Crippen LogP contribution in [0.3, 0.4) is 0 Å². The number of fused-ring (bicyclic) bond motifs is 3. The Bertz CT molecular complexity index is 2520. The second-order valence-corrected chi connectivity index (χ2v) is 15.3. The fourth-order valence-corrected chi connectivity index (χ4v) is 7.83. The van der Waals surface area contributed by atoms with E-state index in [4.69, 9.17) is 9.68 Å². The van der Waals surface area contributed by atoms with Gasteiger partial charge in [-0.15, -0.1) is 0 Å². The molecule has 0 saturated heterocycles. The molecular weight excluding hydrogens is 735 g/mol. The molecule has 6 aromatic rings. The Morgan fingerprint density at radius 2 is 1.26 bits per heavy atom. The van der Waals surface area contributed by atoms with Gasteiger partial charge in [0.25, 0.3) is 0 Å². The molecule has 57 heavy (non-hydrogen) atoms. The molecule has 0 saturated carbocycles. The highest BCUT2D eigenvalue weighted by molar-refractivity contribution is 7.99. The number of aromatic nitrogens is 3. The zero-order chi connectivity index (χ0) is 40.6. The first kappa shape index (κ1) is 40.7. The minimum atomic E-state index is -0.503. The predicted molar refractivity (Wildman–Crippen MR) is 227 cm³/mol. The normalized spacial score (nSPS) is 12.0. The van der Waals surface area contributed by atoms with Gasteiger partial charge in [0.15, 0.2) is 10.9 Å². The molecule has 0 aliphatic rings. The van der Waals surface area contributed by atoms with Crippen molar-refractivity contribution in [1.82, 2.24) is 14.5 Å². The van der Waals surface area contributed by atoms with Crippen LogP contribution in [0.5, 0.6) is 0 Å². The molecule has 6 rings (SSSR count). The van der Waals surface area contributed by atoms with Crippen LogP contribution in [0.15, 0.2) is 105 Å². The fraction of sp³-hybridized carbons (Fsp3) is 0.283. The quantitative estimate of drug-likeness (QED) is 0.0252. The number of unbranched alkanes of at least 4 members (excludes halogenated alkanes) is 4. The van der Waals surface area contributed by atoms with Crippen LogP contribution in [0, 0.1) is 20.8 Å². The van der Waals surface area contributed by atoms with Crippen LogP contribution in [0.25, 0.3) is 27.5 Å². The van der Waals surface area contributed by atoms with Crippen LogP contribution < -0.4 is 0 Å². The number of benzene rings is 4. The summed E-state index contributed by atoms with van der Waals surface area (Å²) in [5, 5.41) is 10.7. The monoisotopic (exact) mass is 781 g/mol. The fourth-order valence-electron chi connectivity index (χ4n) is 6.87. The van der Waals surface area contributed by atoms with Crippen molar-refractivity contribution in [3.8, 4) is 5.69 Å². The van der Waals surface area contributed by atoms with Crippen molar-refractivity contribution in [3.05, 3.63) is 124 Å². The van der Waals surface area contributed by atoms with Gasteiger partial charge < -0.3 is 14.2 Å². The summed E-state index contributed by atoms with van der Waals surface area (Å²) >= 11 is 1.47. The molecule has 0 unspecified atom stereocenters. The third-order valence-corrected chi connectivity index (χ3v) is 10.5. The molecule has 0 bridgehead atoms. The van der Waals surface area contributed by atoms with Crippen molar-refractivity contribution in [2.75, 3.05) is 0 Å². The molecule has 4 aromatic carbocycles. The molecule has 0 amide bonds. The summed E-state index contributed by atoms with van der Waals surface area (Å²) in [5.41, 5.74) is 9.49. The molecule has 0 radical (unpaired) electrons. The third-order valence-electron chi connectivity index (χ3n) is 9.63. The van der Waals surface area contributed by atoms with E-state index >= 15 is 0 Å². The largest absolute Gasteiger partial charge is 0.331 e. The average Bonchev–Trinajstić information content (AvgIpc) is 3.50. The number of aryl methyl sites for hydroxylation is 3. The number of oxime groups is 2. The molecule has 0 spiro atoms. The highest BCUT2D eigenvalue weighted by Crippen LogP contribution is 2.35. The van der Waals surface area contributed by atoms with Crippen LogP contribution >= 0.6 is 11.8 Å². The van der Waals surface area contributed by atoms with Gasteiger partial charge in [0, 0.05) is 57.7 Å². The van der Waals surface area contributed by atoms with Gasteiger partial charge in [0.2, 0.25) is 0 Å². The second-order valence-electron chi connectivity index (χ2n) is 14.2. The standard InChI is InChI=1S/C46H47N5O5S/c1-8-9-10-11-12-13-42(50-56-33(7)53)34-14-18-37(19-15-34)51-43-22-16-35(31(5)49-55-32(6)52)26-40(43)41-27-36(17-23-44(41)51)45(54)39-21-20-38(24-28(39)2)57-46-47-29(3)25-30(4)48-46/h14-27H,8-13H2,1-7H3. The zero-order valence-electron chi connectivity index (χ0n) is 33.5. The maximum atomic E-state index is 14.2. The number of ketones is 1. The Morgan fingerprint density at radius 3 is 1.89 bits per heavy atom. The van der Waals surface area contributed by atoms with Crippen molar-refractivity contribution in [2.45, 2.75) is 97.0 Å². The average molecular weight is 782 g/mol. The first-order valence-corrected chi connectivity index (χ1v) is 20.0. The lowest BCUT2D eigenvalue weighted by Crippen LogP contribution is -2.05. The van der Waals surface area contributed by atoms with E-state index in [0.29, 0.717) is 28.4 Å². The first-order valence-electron chi connectivity index (χ1n) is 19.2. The van der Waals surface area contributed by atoms with E-state index in [1.165, 1.54) is 32.0 Å². The molecule has 2 heterocycles. The summed E-state index contributed by atoms with van der Waals surface area (Å²) in [6.07, 6.45) is 6.23. The summed E-state index contributed by atoms with van der Waals surface area (Å²) in [7, 11) is 0. The number of hydrogen-bond acceptors (Lipinski definition) is 10. The van der Waals surface area contributed by atoms with E-state index in [1.54, 1.807) is 6.92 Å². The van der Waals surface area contributed by atoms with Crippen LogP contribution in [0.4, 0.5) is 0 Å². The Morgan fingerprint density at radius 1 is 0.667 bits per heavy atom. The minimum absolute atomic E-state index is 0.0862.